The monoisotopic (exact) mass is 472 g/mol. The topological polar surface area (TPSA) is 86.1 Å². The summed E-state index contributed by atoms with van der Waals surface area (Å²) in [5, 5.41) is 4.21. The number of aromatic nitrogens is 3. The molecule has 0 radical (unpaired) electrons. The fourth-order valence-electron chi connectivity index (χ4n) is 3.86. The van der Waals surface area contributed by atoms with Crippen molar-refractivity contribution in [3.63, 3.8) is 0 Å². The standard InChI is InChI=1S/C25H20N4O3S.CH4/c1-32-21-20-22(33-23(21)24(30)28-14-16-9-12-26-13-10-16)18-7-2-3-8-19(18)29(25(20)31)15-17-6-4-5-11-27-17;/h2-13H,14-15H2,1H3,(H,28,30);1H4. The first-order valence-electron chi connectivity index (χ1n) is 10.4. The summed E-state index contributed by atoms with van der Waals surface area (Å²) in [6.07, 6.45) is 5.06. The molecule has 5 rings (SSSR count). The van der Waals surface area contributed by atoms with Crippen LogP contribution in [0, 0.1) is 0 Å². The van der Waals surface area contributed by atoms with Gasteiger partial charge in [-0.2, -0.15) is 0 Å². The minimum absolute atomic E-state index is 0. The highest BCUT2D eigenvalue weighted by Gasteiger charge is 2.25. The normalized spacial score (nSPS) is 10.7. The summed E-state index contributed by atoms with van der Waals surface area (Å²) in [4.78, 5) is 35.5. The van der Waals surface area contributed by atoms with Crippen molar-refractivity contribution in [1.82, 2.24) is 19.9 Å². The Bertz CT molecular complexity index is 1510. The number of nitrogens with one attached hydrogen (secondary N) is 1. The third-order valence-corrected chi connectivity index (χ3v) is 6.63. The van der Waals surface area contributed by atoms with Crippen LogP contribution >= 0.6 is 11.3 Å². The van der Waals surface area contributed by atoms with Gasteiger partial charge in [-0.1, -0.05) is 31.7 Å². The van der Waals surface area contributed by atoms with E-state index in [-0.39, 0.29) is 18.9 Å². The van der Waals surface area contributed by atoms with Crippen LogP contribution in [0.2, 0.25) is 0 Å². The van der Waals surface area contributed by atoms with Gasteiger partial charge in [-0.05, 0) is 35.9 Å². The maximum Gasteiger partial charge on any atom is 0.265 e. The van der Waals surface area contributed by atoms with Gasteiger partial charge in [-0.15, -0.1) is 11.3 Å². The smallest absolute Gasteiger partial charge is 0.265 e. The van der Waals surface area contributed by atoms with E-state index in [2.05, 4.69) is 15.3 Å². The van der Waals surface area contributed by atoms with Gasteiger partial charge in [0.05, 0.1) is 29.6 Å². The molecule has 5 aromatic rings. The molecule has 0 bridgehead atoms. The van der Waals surface area contributed by atoms with E-state index in [9.17, 15) is 9.59 Å². The fraction of sp³-hybridized carbons (Fsp3) is 0.154. The number of carbonyl (C=O) groups is 1. The minimum Gasteiger partial charge on any atom is -0.494 e. The second kappa shape index (κ2) is 9.84. The van der Waals surface area contributed by atoms with E-state index in [0.717, 1.165) is 26.9 Å². The number of hydrogen-bond donors (Lipinski definition) is 1. The molecule has 4 heterocycles. The number of fused-ring (bicyclic) bond motifs is 3. The average Bonchev–Trinajstić information content (AvgIpc) is 3.26. The molecule has 0 atom stereocenters. The van der Waals surface area contributed by atoms with Crippen molar-refractivity contribution in [2.45, 2.75) is 20.5 Å². The number of benzene rings is 1. The molecule has 0 aliphatic rings. The molecule has 1 amide bonds. The highest BCUT2D eigenvalue weighted by molar-refractivity contribution is 7.22. The van der Waals surface area contributed by atoms with Crippen molar-refractivity contribution in [3.8, 4) is 5.75 Å². The molecule has 0 saturated carbocycles. The van der Waals surface area contributed by atoms with E-state index in [4.69, 9.17) is 4.74 Å². The molecule has 34 heavy (non-hydrogen) atoms. The van der Waals surface area contributed by atoms with Crippen molar-refractivity contribution < 1.29 is 9.53 Å². The summed E-state index contributed by atoms with van der Waals surface area (Å²) < 4.78 is 8.04. The van der Waals surface area contributed by atoms with E-state index < -0.39 is 0 Å². The summed E-state index contributed by atoms with van der Waals surface area (Å²) in [5.74, 6) is 0.0115. The number of methoxy groups -OCH3 is 1. The number of rotatable bonds is 6. The van der Waals surface area contributed by atoms with Crippen molar-refractivity contribution >= 4 is 38.2 Å². The van der Waals surface area contributed by atoms with Crippen LogP contribution in [-0.2, 0) is 13.1 Å². The van der Waals surface area contributed by atoms with Crippen LogP contribution in [0.1, 0.15) is 28.4 Å². The molecule has 0 saturated heterocycles. The summed E-state index contributed by atoms with van der Waals surface area (Å²) >= 11 is 1.27. The summed E-state index contributed by atoms with van der Waals surface area (Å²) in [6, 6.07) is 17.0. The molecular formula is C26H24N4O3S. The van der Waals surface area contributed by atoms with Gasteiger partial charge >= 0.3 is 0 Å². The Kier molecular flexibility index (Phi) is 6.70. The first kappa shape index (κ1) is 23.1. The fourth-order valence-corrected chi connectivity index (χ4v) is 5.08. The Morgan fingerprint density at radius 3 is 2.56 bits per heavy atom. The SMILES string of the molecule is C.COc1c(C(=O)NCc2ccncc2)sc2c1c(=O)n(Cc1ccccn1)c1ccccc21. The van der Waals surface area contributed by atoms with Gasteiger partial charge in [-0.3, -0.25) is 19.6 Å². The van der Waals surface area contributed by atoms with E-state index in [1.165, 1.54) is 18.4 Å². The molecule has 0 aliphatic carbocycles. The van der Waals surface area contributed by atoms with Gasteiger partial charge in [0.2, 0.25) is 0 Å². The highest BCUT2D eigenvalue weighted by atomic mass is 32.1. The van der Waals surface area contributed by atoms with Crippen LogP contribution in [0.25, 0.3) is 21.0 Å². The summed E-state index contributed by atoms with van der Waals surface area (Å²) in [5.41, 5.74) is 2.28. The van der Waals surface area contributed by atoms with E-state index in [1.807, 2.05) is 54.6 Å². The van der Waals surface area contributed by atoms with Crippen molar-refractivity contribution in [2.24, 2.45) is 0 Å². The number of thiophene rings is 1. The number of amides is 1. The second-order valence-corrected chi connectivity index (χ2v) is 8.46. The third-order valence-electron chi connectivity index (χ3n) is 5.42. The number of ether oxygens (including phenoxy) is 1. The van der Waals surface area contributed by atoms with Gasteiger partial charge < -0.3 is 14.6 Å². The summed E-state index contributed by atoms with van der Waals surface area (Å²) in [7, 11) is 1.48. The molecule has 0 aliphatic heterocycles. The highest BCUT2D eigenvalue weighted by Crippen LogP contribution is 2.39. The molecule has 0 spiro atoms. The zero-order chi connectivity index (χ0) is 22.8. The first-order valence-corrected chi connectivity index (χ1v) is 11.2. The van der Waals surface area contributed by atoms with Crippen molar-refractivity contribution in [2.75, 3.05) is 7.11 Å². The molecule has 1 aromatic carbocycles. The number of carbonyl (C=O) groups excluding carboxylic acids is 1. The maximum absolute atomic E-state index is 13.7. The molecular weight excluding hydrogens is 448 g/mol. The zero-order valence-electron chi connectivity index (χ0n) is 17.8. The zero-order valence-corrected chi connectivity index (χ0v) is 18.6. The lowest BCUT2D eigenvalue weighted by atomic mass is 10.1. The molecule has 1 N–H and O–H groups in total. The lowest BCUT2D eigenvalue weighted by Crippen LogP contribution is -2.23. The number of nitrogens with zero attached hydrogens (tertiary/aromatic N) is 3. The first-order chi connectivity index (χ1) is 16.2. The molecule has 172 valence electrons. The van der Waals surface area contributed by atoms with Gasteiger partial charge in [0.15, 0.2) is 5.75 Å². The number of hydrogen-bond acceptors (Lipinski definition) is 6. The molecule has 0 unspecified atom stereocenters. The second-order valence-electron chi connectivity index (χ2n) is 7.44. The van der Waals surface area contributed by atoms with Crippen LogP contribution in [-0.4, -0.2) is 27.6 Å². The Hall–Kier alpha value is -4.04. The average molecular weight is 473 g/mol. The third kappa shape index (κ3) is 4.15. The van der Waals surface area contributed by atoms with E-state index >= 15 is 0 Å². The Morgan fingerprint density at radius 2 is 1.82 bits per heavy atom. The predicted molar refractivity (Wildman–Crippen MR) is 136 cm³/mol. The molecule has 7 nitrogen and oxygen atoms in total. The van der Waals surface area contributed by atoms with Crippen LogP contribution in [0.4, 0.5) is 0 Å². The van der Waals surface area contributed by atoms with Crippen molar-refractivity contribution in [3.05, 3.63) is 99.7 Å². The van der Waals surface area contributed by atoms with Crippen LogP contribution in [0.15, 0.2) is 78.0 Å². The van der Waals surface area contributed by atoms with E-state index in [0.29, 0.717) is 29.1 Å². The lowest BCUT2D eigenvalue weighted by Gasteiger charge is -2.11. The lowest BCUT2D eigenvalue weighted by molar-refractivity contribution is 0.0952. The minimum atomic E-state index is -0.287. The van der Waals surface area contributed by atoms with Gasteiger partial charge in [-0.25, -0.2) is 0 Å². The van der Waals surface area contributed by atoms with Crippen molar-refractivity contribution in [1.29, 1.82) is 0 Å². The molecule has 8 heteroatoms. The Morgan fingerprint density at radius 1 is 1.06 bits per heavy atom. The van der Waals surface area contributed by atoms with Gasteiger partial charge in [0.25, 0.3) is 11.5 Å². The van der Waals surface area contributed by atoms with Crippen LogP contribution < -0.4 is 15.6 Å². The Balaban J connectivity index is 0.00000274. The quantitative estimate of drug-likeness (QED) is 0.389. The van der Waals surface area contributed by atoms with Gasteiger partial charge in [0, 0.05) is 30.5 Å². The van der Waals surface area contributed by atoms with Crippen LogP contribution in [0.5, 0.6) is 5.75 Å². The van der Waals surface area contributed by atoms with Gasteiger partial charge in [0.1, 0.15) is 10.3 Å². The number of para-hydroxylation sites is 1. The predicted octanol–water partition coefficient (Wildman–Crippen LogP) is 4.63. The number of pyridine rings is 3. The maximum atomic E-state index is 13.7. The largest absolute Gasteiger partial charge is 0.494 e. The molecule has 4 aromatic heterocycles. The Labute approximate surface area is 200 Å². The molecule has 0 fully saturated rings. The van der Waals surface area contributed by atoms with E-state index in [1.54, 1.807) is 23.2 Å². The van der Waals surface area contributed by atoms with Crippen LogP contribution in [0.3, 0.4) is 0 Å². The summed E-state index contributed by atoms with van der Waals surface area (Å²) in [6.45, 7) is 0.669.